The minimum Gasteiger partial charge on any atom is -0.484 e. The van der Waals surface area contributed by atoms with Crippen molar-refractivity contribution in [3.8, 4) is 5.75 Å². The van der Waals surface area contributed by atoms with Crippen LogP contribution in [0.3, 0.4) is 0 Å². The van der Waals surface area contributed by atoms with Crippen molar-refractivity contribution in [3.63, 3.8) is 0 Å². The van der Waals surface area contributed by atoms with Crippen molar-refractivity contribution < 1.29 is 22.7 Å². The molecule has 10 heteroatoms. The Labute approximate surface area is 200 Å². The first-order chi connectivity index (χ1) is 15.6. The van der Waals surface area contributed by atoms with Crippen LogP contribution in [0.5, 0.6) is 5.75 Å². The van der Waals surface area contributed by atoms with Crippen LogP contribution in [-0.4, -0.2) is 56.7 Å². The molecule has 1 saturated heterocycles. The second-order valence-corrected chi connectivity index (χ2v) is 11.0. The highest BCUT2D eigenvalue weighted by Gasteiger charge is 2.26. The molecule has 1 amide bonds. The van der Waals surface area contributed by atoms with Gasteiger partial charge in [0.2, 0.25) is 10.0 Å². The molecule has 0 aliphatic carbocycles. The van der Waals surface area contributed by atoms with E-state index in [0.29, 0.717) is 37.7 Å². The zero-order valence-electron chi connectivity index (χ0n) is 19.0. The third-order valence-corrected chi connectivity index (χ3v) is 7.18. The monoisotopic (exact) mass is 491 g/mol. The molecule has 0 bridgehead atoms. The second-order valence-electron chi connectivity index (χ2n) is 8.61. The normalized spacial score (nSPS) is 15.0. The summed E-state index contributed by atoms with van der Waals surface area (Å²) in [6.45, 7) is 7.63. The zero-order chi connectivity index (χ0) is 24.1. The molecule has 1 fully saturated rings. The van der Waals surface area contributed by atoms with Gasteiger partial charge < -0.3 is 14.8 Å². The Kier molecular flexibility index (Phi) is 8.06. The van der Waals surface area contributed by atoms with E-state index < -0.39 is 15.9 Å². The molecule has 1 heterocycles. The van der Waals surface area contributed by atoms with Crippen molar-refractivity contribution in [1.82, 2.24) is 9.62 Å². The van der Waals surface area contributed by atoms with E-state index in [-0.39, 0.29) is 22.0 Å². The average Bonchev–Trinajstić information content (AvgIpc) is 2.78. The average molecular weight is 492 g/mol. The number of nitrogens with zero attached hydrogens (tertiary/aromatic N) is 1. The lowest BCUT2D eigenvalue weighted by atomic mass is 9.87. The van der Waals surface area contributed by atoms with E-state index in [1.165, 1.54) is 22.0 Å². The molecule has 2 aromatic carbocycles. The van der Waals surface area contributed by atoms with Gasteiger partial charge in [-0.25, -0.2) is 8.42 Å². The molecular formula is C23H29N3O5S2. The molecule has 1 aliphatic rings. The summed E-state index contributed by atoms with van der Waals surface area (Å²) < 4.78 is 37.5. The van der Waals surface area contributed by atoms with E-state index in [2.05, 4.69) is 31.4 Å². The molecule has 3 rings (SSSR count). The number of anilines is 1. The number of carbonyl (C=O) groups excluding carboxylic acids is 1. The zero-order valence-corrected chi connectivity index (χ0v) is 20.6. The van der Waals surface area contributed by atoms with Crippen molar-refractivity contribution in [2.75, 3.05) is 38.2 Å². The maximum Gasteiger partial charge on any atom is 0.264 e. The largest absolute Gasteiger partial charge is 0.484 e. The van der Waals surface area contributed by atoms with Crippen molar-refractivity contribution in [2.24, 2.45) is 0 Å². The summed E-state index contributed by atoms with van der Waals surface area (Å²) >= 11 is 5.17. The SMILES string of the molecule is CC(C)(C)c1ccc(OCC(=O)NC(=S)Nc2ccc(S(=O)(=O)N3CCOCC3)cc2)cc1. The first kappa shape index (κ1) is 25.1. The predicted molar refractivity (Wildman–Crippen MR) is 131 cm³/mol. The Bertz CT molecular complexity index is 1070. The van der Waals surface area contributed by atoms with Crippen molar-refractivity contribution in [2.45, 2.75) is 31.1 Å². The van der Waals surface area contributed by atoms with E-state index in [0.717, 1.165) is 0 Å². The quantitative estimate of drug-likeness (QED) is 0.600. The summed E-state index contributed by atoms with van der Waals surface area (Å²) in [6, 6.07) is 13.8. The molecular weight excluding hydrogens is 462 g/mol. The van der Waals surface area contributed by atoms with Crippen LogP contribution in [0.25, 0.3) is 0 Å². The van der Waals surface area contributed by atoms with Gasteiger partial charge in [0.1, 0.15) is 5.75 Å². The number of ether oxygens (including phenoxy) is 2. The van der Waals surface area contributed by atoms with Gasteiger partial charge in [-0.15, -0.1) is 0 Å². The van der Waals surface area contributed by atoms with Crippen LogP contribution < -0.4 is 15.4 Å². The third-order valence-electron chi connectivity index (χ3n) is 5.06. The van der Waals surface area contributed by atoms with E-state index in [4.69, 9.17) is 21.7 Å². The third kappa shape index (κ3) is 6.97. The van der Waals surface area contributed by atoms with Crippen molar-refractivity contribution in [1.29, 1.82) is 0 Å². The molecule has 0 spiro atoms. The van der Waals surface area contributed by atoms with Gasteiger partial charge >= 0.3 is 0 Å². The van der Waals surface area contributed by atoms with Gasteiger partial charge in [0.05, 0.1) is 18.1 Å². The lowest BCUT2D eigenvalue weighted by Gasteiger charge is -2.26. The molecule has 0 radical (unpaired) electrons. The Morgan fingerprint density at radius 1 is 1.06 bits per heavy atom. The number of carbonyl (C=O) groups is 1. The van der Waals surface area contributed by atoms with Crippen LogP contribution in [0.15, 0.2) is 53.4 Å². The summed E-state index contributed by atoms with van der Waals surface area (Å²) in [5.74, 6) is 0.188. The van der Waals surface area contributed by atoms with Crippen LogP contribution in [0, 0.1) is 0 Å². The van der Waals surface area contributed by atoms with Gasteiger partial charge in [0.25, 0.3) is 5.91 Å². The Hall–Kier alpha value is -2.53. The summed E-state index contributed by atoms with van der Waals surface area (Å²) in [7, 11) is -3.56. The number of rotatable bonds is 6. The number of amides is 1. The number of hydrogen-bond acceptors (Lipinski definition) is 6. The molecule has 0 unspecified atom stereocenters. The maximum absolute atomic E-state index is 12.7. The first-order valence-electron chi connectivity index (χ1n) is 10.6. The summed E-state index contributed by atoms with van der Waals surface area (Å²) in [5, 5.41) is 5.51. The van der Waals surface area contributed by atoms with E-state index in [1.807, 2.05) is 24.3 Å². The summed E-state index contributed by atoms with van der Waals surface area (Å²) in [6.07, 6.45) is 0. The van der Waals surface area contributed by atoms with Gasteiger partial charge in [-0.05, 0) is 59.6 Å². The van der Waals surface area contributed by atoms with Crippen molar-refractivity contribution in [3.05, 3.63) is 54.1 Å². The van der Waals surface area contributed by atoms with Crippen molar-refractivity contribution >= 4 is 38.9 Å². The number of sulfonamides is 1. The molecule has 33 heavy (non-hydrogen) atoms. The fourth-order valence-corrected chi connectivity index (χ4v) is 4.81. The molecule has 2 N–H and O–H groups in total. The fraction of sp³-hybridized carbons (Fsp3) is 0.391. The Balaban J connectivity index is 1.48. The number of morpholine rings is 1. The number of benzene rings is 2. The maximum atomic E-state index is 12.7. The van der Waals surface area contributed by atoms with Crippen LogP contribution in [0.2, 0.25) is 0 Å². The number of thiocarbonyl (C=S) groups is 1. The highest BCUT2D eigenvalue weighted by atomic mass is 32.2. The topological polar surface area (TPSA) is 97.0 Å². The van der Waals surface area contributed by atoms with Crippen LogP contribution >= 0.6 is 12.2 Å². The van der Waals surface area contributed by atoms with Gasteiger partial charge in [0.15, 0.2) is 11.7 Å². The summed E-state index contributed by atoms with van der Waals surface area (Å²) in [4.78, 5) is 12.3. The standard InChI is InChI=1S/C23H29N3O5S2/c1-23(2,3)17-4-8-19(9-5-17)31-16-21(27)25-22(32)24-18-6-10-20(11-7-18)33(28,29)26-12-14-30-15-13-26/h4-11H,12-16H2,1-3H3,(H2,24,25,27,32). The van der Waals surface area contributed by atoms with Gasteiger partial charge in [-0.3, -0.25) is 10.1 Å². The first-order valence-corrected chi connectivity index (χ1v) is 12.4. The van der Waals surface area contributed by atoms with Crippen LogP contribution in [0.4, 0.5) is 5.69 Å². The van der Waals surface area contributed by atoms with Gasteiger partial charge in [0, 0.05) is 18.8 Å². The lowest BCUT2D eigenvalue weighted by molar-refractivity contribution is -0.121. The van der Waals surface area contributed by atoms with Crippen LogP contribution in [-0.2, 0) is 25.0 Å². The Morgan fingerprint density at radius 3 is 2.24 bits per heavy atom. The molecule has 2 aromatic rings. The summed E-state index contributed by atoms with van der Waals surface area (Å²) in [5.41, 5.74) is 1.77. The lowest BCUT2D eigenvalue weighted by Crippen LogP contribution is -2.40. The fourth-order valence-electron chi connectivity index (χ4n) is 3.17. The molecule has 0 atom stereocenters. The highest BCUT2D eigenvalue weighted by molar-refractivity contribution is 7.89. The van der Waals surface area contributed by atoms with Gasteiger partial charge in [-0.2, -0.15) is 4.31 Å². The number of nitrogens with one attached hydrogen (secondary N) is 2. The van der Waals surface area contributed by atoms with Crippen LogP contribution in [0.1, 0.15) is 26.3 Å². The minimum atomic E-state index is -3.56. The smallest absolute Gasteiger partial charge is 0.264 e. The molecule has 0 aromatic heterocycles. The second kappa shape index (κ2) is 10.6. The number of hydrogen-bond donors (Lipinski definition) is 2. The Morgan fingerprint density at radius 2 is 1.67 bits per heavy atom. The molecule has 8 nitrogen and oxygen atoms in total. The van der Waals surface area contributed by atoms with E-state index in [9.17, 15) is 13.2 Å². The van der Waals surface area contributed by atoms with Gasteiger partial charge in [-0.1, -0.05) is 32.9 Å². The minimum absolute atomic E-state index is 0.0403. The van der Waals surface area contributed by atoms with E-state index in [1.54, 1.807) is 12.1 Å². The molecule has 0 saturated carbocycles. The highest BCUT2D eigenvalue weighted by Crippen LogP contribution is 2.24. The predicted octanol–water partition coefficient (Wildman–Crippen LogP) is 2.90. The molecule has 178 valence electrons. The molecule has 1 aliphatic heterocycles. The van der Waals surface area contributed by atoms with E-state index >= 15 is 0 Å².